The highest BCUT2D eigenvalue weighted by atomic mass is 16.5. The fourth-order valence-electron chi connectivity index (χ4n) is 0.936. The van der Waals surface area contributed by atoms with Gasteiger partial charge in [-0.2, -0.15) is 0 Å². The maximum atomic E-state index is 5.19. The fraction of sp³-hybridized carbons (Fsp3) is 0.750. The molecule has 0 unspecified atom stereocenters. The highest BCUT2D eigenvalue weighted by Crippen LogP contribution is 2.09. The first-order valence-electron chi connectivity index (χ1n) is 3.58. The molecule has 1 rings (SSSR count). The predicted molar refractivity (Wildman–Crippen MR) is 38.4 cm³/mol. The van der Waals surface area contributed by atoms with Gasteiger partial charge in [-0.15, -0.1) is 0 Å². The van der Waals surface area contributed by atoms with Crippen molar-refractivity contribution in [2.24, 2.45) is 0 Å². The largest absolute Gasteiger partial charge is 0.443 e. The van der Waals surface area contributed by atoms with E-state index in [1.807, 2.05) is 0 Å². The maximum absolute atomic E-state index is 5.19. The summed E-state index contributed by atoms with van der Waals surface area (Å²) in [6.45, 7) is 3.41. The van der Waals surface area contributed by atoms with Crippen LogP contribution in [0.5, 0.6) is 0 Å². The molecule has 1 fully saturated rings. The first kappa shape index (κ1) is 7.43. The summed E-state index contributed by atoms with van der Waals surface area (Å²) in [7, 11) is 0. The molecule has 2 nitrogen and oxygen atoms in total. The van der Waals surface area contributed by atoms with Crippen molar-refractivity contribution in [3.8, 4) is 12.0 Å². The molecular formula is C8H12O2. The molecule has 0 N–H and O–H groups in total. The zero-order chi connectivity index (χ0) is 7.23. The summed E-state index contributed by atoms with van der Waals surface area (Å²) in [5.41, 5.74) is 0. The third kappa shape index (κ3) is 2.28. The van der Waals surface area contributed by atoms with Gasteiger partial charge in [0.05, 0.1) is 13.2 Å². The lowest BCUT2D eigenvalue weighted by Crippen LogP contribution is -2.21. The number of rotatable bonds is 1. The van der Waals surface area contributed by atoms with Crippen LogP contribution in [0.1, 0.15) is 19.8 Å². The van der Waals surface area contributed by atoms with E-state index in [-0.39, 0.29) is 0 Å². The molecule has 0 aliphatic carbocycles. The van der Waals surface area contributed by atoms with Crippen LogP contribution in [0.15, 0.2) is 0 Å². The Morgan fingerprint density at radius 2 is 2.10 bits per heavy atom. The summed E-state index contributed by atoms with van der Waals surface area (Å²) in [4.78, 5) is 0. The molecule has 1 heterocycles. The van der Waals surface area contributed by atoms with Gasteiger partial charge in [0.15, 0.2) is 0 Å². The summed E-state index contributed by atoms with van der Waals surface area (Å²) in [5, 5.41) is 0. The molecule has 0 aromatic carbocycles. The van der Waals surface area contributed by atoms with Gasteiger partial charge in [-0.3, -0.25) is 0 Å². The number of hydrogen-bond acceptors (Lipinski definition) is 2. The maximum Gasteiger partial charge on any atom is 0.115 e. The van der Waals surface area contributed by atoms with Crippen molar-refractivity contribution < 1.29 is 9.47 Å². The van der Waals surface area contributed by atoms with Crippen LogP contribution in [0.4, 0.5) is 0 Å². The van der Waals surface area contributed by atoms with E-state index in [0.29, 0.717) is 6.10 Å². The SMILES string of the molecule is CC#COC1CCOCC1. The van der Waals surface area contributed by atoms with Gasteiger partial charge in [-0.1, -0.05) is 5.92 Å². The first-order valence-corrected chi connectivity index (χ1v) is 3.58. The minimum absolute atomic E-state index is 0.307. The van der Waals surface area contributed by atoms with Crippen molar-refractivity contribution >= 4 is 0 Å². The summed E-state index contributed by atoms with van der Waals surface area (Å²) in [6.07, 6.45) is 4.88. The third-order valence-electron chi connectivity index (χ3n) is 1.50. The van der Waals surface area contributed by atoms with Gasteiger partial charge in [0.1, 0.15) is 12.2 Å². The van der Waals surface area contributed by atoms with Crippen molar-refractivity contribution in [1.82, 2.24) is 0 Å². The van der Waals surface area contributed by atoms with Gasteiger partial charge in [0.2, 0.25) is 0 Å². The van der Waals surface area contributed by atoms with Crippen molar-refractivity contribution in [2.45, 2.75) is 25.9 Å². The summed E-state index contributed by atoms with van der Waals surface area (Å²) >= 11 is 0. The zero-order valence-electron chi connectivity index (χ0n) is 6.22. The third-order valence-corrected chi connectivity index (χ3v) is 1.50. The summed E-state index contributed by atoms with van der Waals surface area (Å²) in [5.74, 6) is 2.70. The van der Waals surface area contributed by atoms with Gasteiger partial charge in [-0.05, 0) is 0 Å². The quantitative estimate of drug-likeness (QED) is 0.509. The first-order chi connectivity index (χ1) is 4.93. The standard InChI is InChI=1S/C8H12O2/c1-2-5-10-8-3-6-9-7-4-8/h8H,3-4,6-7H2,1H3. The van der Waals surface area contributed by atoms with Crippen molar-refractivity contribution in [1.29, 1.82) is 0 Å². The van der Waals surface area contributed by atoms with E-state index in [1.54, 1.807) is 6.92 Å². The van der Waals surface area contributed by atoms with Crippen molar-refractivity contribution in [3.05, 3.63) is 0 Å². The Balaban J connectivity index is 2.17. The molecule has 0 bridgehead atoms. The summed E-state index contributed by atoms with van der Waals surface area (Å²) < 4.78 is 10.3. The molecular weight excluding hydrogens is 128 g/mol. The highest BCUT2D eigenvalue weighted by Gasteiger charge is 2.13. The Morgan fingerprint density at radius 1 is 1.40 bits per heavy atom. The monoisotopic (exact) mass is 140 g/mol. The Hall–Kier alpha value is -0.680. The lowest BCUT2D eigenvalue weighted by atomic mass is 10.2. The van der Waals surface area contributed by atoms with E-state index in [1.165, 1.54) is 0 Å². The average Bonchev–Trinajstić information content (AvgIpc) is 2.03. The Labute approximate surface area is 61.5 Å². The fourth-order valence-corrected chi connectivity index (χ4v) is 0.936. The van der Waals surface area contributed by atoms with Gasteiger partial charge in [0, 0.05) is 19.8 Å². The average molecular weight is 140 g/mol. The lowest BCUT2D eigenvalue weighted by molar-refractivity contribution is 0.0133. The molecule has 0 aromatic rings. The Morgan fingerprint density at radius 3 is 2.70 bits per heavy atom. The summed E-state index contributed by atoms with van der Waals surface area (Å²) in [6, 6.07) is 0. The zero-order valence-corrected chi connectivity index (χ0v) is 6.22. The van der Waals surface area contributed by atoms with Crippen molar-refractivity contribution in [3.63, 3.8) is 0 Å². The number of hydrogen-bond donors (Lipinski definition) is 0. The molecule has 56 valence electrons. The van der Waals surface area contributed by atoms with Gasteiger partial charge < -0.3 is 9.47 Å². The van der Waals surface area contributed by atoms with Crippen LogP contribution in [-0.4, -0.2) is 19.3 Å². The Kier molecular flexibility index (Phi) is 3.11. The van der Waals surface area contributed by atoms with E-state index in [0.717, 1.165) is 26.1 Å². The minimum Gasteiger partial charge on any atom is -0.443 e. The van der Waals surface area contributed by atoms with Crippen LogP contribution >= 0.6 is 0 Å². The van der Waals surface area contributed by atoms with E-state index in [4.69, 9.17) is 9.47 Å². The molecule has 1 aliphatic heterocycles. The molecule has 0 saturated carbocycles. The predicted octanol–water partition coefficient (Wildman–Crippen LogP) is 1.16. The normalized spacial score (nSPS) is 19.3. The van der Waals surface area contributed by atoms with Crippen LogP contribution in [0, 0.1) is 12.0 Å². The molecule has 0 amide bonds. The molecule has 1 saturated heterocycles. The van der Waals surface area contributed by atoms with E-state index in [2.05, 4.69) is 12.0 Å². The van der Waals surface area contributed by atoms with Crippen LogP contribution in [0.3, 0.4) is 0 Å². The highest BCUT2D eigenvalue weighted by molar-refractivity contribution is 4.86. The second kappa shape index (κ2) is 4.19. The minimum atomic E-state index is 0.307. The second-order valence-electron chi connectivity index (χ2n) is 2.28. The van der Waals surface area contributed by atoms with E-state index in [9.17, 15) is 0 Å². The van der Waals surface area contributed by atoms with Gasteiger partial charge in [0.25, 0.3) is 0 Å². The second-order valence-corrected chi connectivity index (χ2v) is 2.28. The van der Waals surface area contributed by atoms with Crippen LogP contribution in [0.25, 0.3) is 0 Å². The Bertz CT molecular complexity index is 137. The molecule has 0 spiro atoms. The van der Waals surface area contributed by atoms with E-state index < -0.39 is 0 Å². The van der Waals surface area contributed by atoms with Crippen LogP contribution < -0.4 is 0 Å². The molecule has 2 heteroatoms. The molecule has 1 aliphatic rings. The van der Waals surface area contributed by atoms with Crippen LogP contribution in [0.2, 0.25) is 0 Å². The topological polar surface area (TPSA) is 18.5 Å². The van der Waals surface area contributed by atoms with Crippen LogP contribution in [-0.2, 0) is 9.47 Å². The molecule has 0 atom stereocenters. The molecule has 0 aromatic heterocycles. The smallest absolute Gasteiger partial charge is 0.115 e. The lowest BCUT2D eigenvalue weighted by Gasteiger charge is -2.19. The van der Waals surface area contributed by atoms with Gasteiger partial charge in [-0.25, -0.2) is 0 Å². The van der Waals surface area contributed by atoms with Gasteiger partial charge >= 0.3 is 0 Å². The van der Waals surface area contributed by atoms with E-state index >= 15 is 0 Å². The molecule has 10 heavy (non-hydrogen) atoms. The number of ether oxygens (including phenoxy) is 2. The molecule has 0 radical (unpaired) electrons. The van der Waals surface area contributed by atoms with Crippen molar-refractivity contribution in [2.75, 3.05) is 13.2 Å².